The molecule has 0 aliphatic carbocycles. The molecule has 88 valence electrons. The Morgan fingerprint density at radius 1 is 1.47 bits per heavy atom. The first-order valence-electron chi connectivity index (χ1n) is 5.25. The summed E-state index contributed by atoms with van der Waals surface area (Å²) in [7, 11) is 0. The van der Waals surface area contributed by atoms with Crippen LogP contribution in [0.4, 0.5) is 0 Å². The number of aliphatic hydroxyl groups excluding tert-OH is 1. The highest BCUT2D eigenvalue weighted by atomic mass is 16.7. The maximum absolute atomic E-state index is 11.2. The monoisotopic (exact) mass is 218 g/mol. The number of carbonyl (C=O) groups excluding carboxylic acids is 1. The van der Waals surface area contributed by atoms with Crippen LogP contribution < -0.4 is 0 Å². The normalized spacial score (nSPS) is 30.5. The molecule has 0 aromatic carbocycles. The third-order valence-corrected chi connectivity index (χ3v) is 2.31. The zero-order valence-corrected chi connectivity index (χ0v) is 9.14. The van der Waals surface area contributed by atoms with Crippen LogP contribution in [0.5, 0.6) is 0 Å². The van der Waals surface area contributed by atoms with Crippen LogP contribution in [0.25, 0.3) is 0 Å². The summed E-state index contributed by atoms with van der Waals surface area (Å²) in [5.41, 5.74) is 0. The van der Waals surface area contributed by atoms with Crippen LogP contribution in [0.2, 0.25) is 0 Å². The van der Waals surface area contributed by atoms with Gasteiger partial charge in [0.05, 0.1) is 25.7 Å². The van der Waals surface area contributed by atoms with E-state index < -0.39 is 12.4 Å². The number of esters is 1. The van der Waals surface area contributed by atoms with Crippen LogP contribution in [-0.4, -0.2) is 43.3 Å². The van der Waals surface area contributed by atoms with E-state index in [1.165, 1.54) is 0 Å². The lowest BCUT2D eigenvalue weighted by atomic mass is 10.0. The van der Waals surface area contributed by atoms with Crippen molar-refractivity contribution in [3.8, 4) is 0 Å². The molecule has 1 N–H and O–H groups in total. The van der Waals surface area contributed by atoms with E-state index in [0.717, 1.165) is 0 Å². The van der Waals surface area contributed by atoms with Gasteiger partial charge < -0.3 is 19.3 Å². The molecule has 1 unspecified atom stereocenters. The average Bonchev–Trinajstić information content (AvgIpc) is 2.51. The summed E-state index contributed by atoms with van der Waals surface area (Å²) in [4.78, 5) is 11.2. The predicted octanol–water partition coefficient (Wildman–Crippen LogP) is 0.310. The molecule has 1 heterocycles. The lowest BCUT2D eigenvalue weighted by Gasteiger charge is -2.18. The van der Waals surface area contributed by atoms with Gasteiger partial charge in [-0.3, -0.25) is 4.79 Å². The second kappa shape index (κ2) is 6.05. The fraction of sp³-hybridized carbons (Fsp3) is 0.900. The fourth-order valence-electron chi connectivity index (χ4n) is 1.60. The Hall–Kier alpha value is -0.650. The van der Waals surface area contributed by atoms with Crippen molar-refractivity contribution < 1.29 is 24.1 Å². The molecule has 0 spiro atoms. The topological polar surface area (TPSA) is 65.0 Å². The van der Waals surface area contributed by atoms with Gasteiger partial charge in [0.25, 0.3) is 0 Å². The Kier molecular flexibility index (Phi) is 5.01. The molecule has 0 aromatic heterocycles. The fourth-order valence-corrected chi connectivity index (χ4v) is 1.60. The maximum atomic E-state index is 11.2. The largest absolute Gasteiger partial charge is 0.466 e. The third-order valence-electron chi connectivity index (χ3n) is 2.31. The van der Waals surface area contributed by atoms with Crippen LogP contribution in [0.15, 0.2) is 0 Å². The number of aliphatic hydroxyl groups is 1. The van der Waals surface area contributed by atoms with Gasteiger partial charge in [-0.25, -0.2) is 0 Å². The van der Waals surface area contributed by atoms with Crippen LogP contribution in [0, 0.1) is 5.92 Å². The quantitative estimate of drug-likeness (QED) is 0.673. The average molecular weight is 218 g/mol. The van der Waals surface area contributed by atoms with Crippen molar-refractivity contribution in [1.82, 2.24) is 0 Å². The molecule has 0 amide bonds. The molecule has 0 radical (unpaired) electrons. The van der Waals surface area contributed by atoms with E-state index >= 15 is 0 Å². The maximum Gasteiger partial charge on any atom is 0.306 e. The van der Waals surface area contributed by atoms with E-state index in [2.05, 4.69) is 0 Å². The highest BCUT2D eigenvalue weighted by molar-refractivity contribution is 5.69. The molecular weight excluding hydrogens is 200 g/mol. The summed E-state index contributed by atoms with van der Waals surface area (Å²) in [5, 5.41) is 9.59. The van der Waals surface area contributed by atoms with E-state index in [1.807, 2.05) is 6.92 Å². The minimum absolute atomic E-state index is 0.139. The first-order valence-corrected chi connectivity index (χ1v) is 5.25. The van der Waals surface area contributed by atoms with E-state index in [9.17, 15) is 9.90 Å². The number of rotatable bonds is 5. The van der Waals surface area contributed by atoms with Crippen molar-refractivity contribution in [2.75, 3.05) is 19.8 Å². The Balaban J connectivity index is 2.45. The van der Waals surface area contributed by atoms with E-state index in [1.54, 1.807) is 6.92 Å². The molecule has 1 fully saturated rings. The van der Waals surface area contributed by atoms with Gasteiger partial charge >= 0.3 is 5.97 Å². The van der Waals surface area contributed by atoms with Gasteiger partial charge in [0.15, 0.2) is 6.29 Å². The summed E-state index contributed by atoms with van der Waals surface area (Å²) < 4.78 is 15.3. The van der Waals surface area contributed by atoms with Crippen LogP contribution >= 0.6 is 0 Å². The molecule has 0 aromatic rings. The summed E-state index contributed by atoms with van der Waals surface area (Å²) in [6.45, 7) is 4.66. The van der Waals surface area contributed by atoms with E-state index in [4.69, 9.17) is 14.2 Å². The molecule has 5 heteroatoms. The first kappa shape index (κ1) is 12.4. The number of hydrogen-bond donors (Lipinski definition) is 1. The summed E-state index contributed by atoms with van der Waals surface area (Å²) in [6, 6.07) is 0. The SMILES string of the molecule is CCOC(=O)C[C@H]1C(OCC)OC[C@@H]1O. The zero-order valence-electron chi connectivity index (χ0n) is 9.14. The molecule has 1 aliphatic heterocycles. The summed E-state index contributed by atoms with van der Waals surface area (Å²) >= 11 is 0. The van der Waals surface area contributed by atoms with Gasteiger partial charge in [0.1, 0.15) is 0 Å². The highest BCUT2D eigenvalue weighted by Gasteiger charge is 2.38. The molecule has 1 aliphatic rings. The molecular formula is C10H18O5. The van der Waals surface area contributed by atoms with Crippen LogP contribution in [-0.2, 0) is 19.0 Å². The minimum atomic E-state index is -0.647. The summed E-state index contributed by atoms with van der Waals surface area (Å²) in [5.74, 6) is -0.638. The Morgan fingerprint density at radius 3 is 2.80 bits per heavy atom. The third kappa shape index (κ3) is 3.44. The molecule has 5 nitrogen and oxygen atoms in total. The van der Waals surface area contributed by atoms with Crippen molar-refractivity contribution >= 4 is 5.97 Å². The lowest BCUT2D eigenvalue weighted by Crippen LogP contribution is -2.29. The smallest absolute Gasteiger partial charge is 0.306 e. The van der Waals surface area contributed by atoms with Crippen LogP contribution in [0.3, 0.4) is 0 Å². The molecule has 1 saturated heterocycles. The first-order chi connectivity index (χ1) is 7.19. The van der Waals surface area contributed by atoms with E-state index in [0.29, 0.717) is 13.2 Å². The van der Waals surface area contributed by atoms with Crippen LogP contribution in [0.1, 0.15) is 20.3 Å². The minimum Gasteiger partial charge on any atom is -0.466 e. The Labute approximate surface area is 89.3 Å². The lowest BCUT2D eigenvalue weighted by molar-refractivity contribution is -0.154. The molecule has 15 heavy (non-hydrogen) atoms. The highest BCUT2D eigenvalue weighted by Crippen LogP contribution is 2.26. The second-order valence-electron chi connectivity index (χ2n) is 3.40. The van der Waals surface area contributed by atoms with Gasteiger partial charge in [0.2, 0.25) is 0 Å². The van der Waals surface area contributed by atoms with Gasteiger partial charge in [-0.2, -0.15) is 0 Å². The molecule has 3 atom stereocenters. The standard InChI is InChI=1S/C10H18O5/c1-3-13-9(12)5-7-8(11)6-15-10(7)14-4-2/h7-8,10-11H,3-6H2,1-2H3/t7-,8+,10?/m1/s1. The van der Waals surface area contributed by atoms with Crippen molar-refractivity contribution in [3.05, 3.63) is 0 Å². The number of hydrogen-bond acceptors (Lipinski definition) is 5. The van der Waals surface area contributed by atoms with Gasteiger partial charge in [-0.15, -0.1) is 0 Å². The van der Waals surface area contributed by atoms with Crippen molar-refractivity contribution in [2.24, 2.45) is 5.92 Å². The van der Waals surface area contributed by atoms with Gasteiger partial charge in [0, 0.05) is 12.5 Å². The Morgan fingerprint density at radius 2 is 2.20 bits per heavy atom. The molecule has 0 bridgehead atoms. The zero-order chi connectivity index (χ0) is 11.3. The molecule has 1 rings (SSSR count). The van der Waals surface area contributed by atoms with Gasteiger partial charge in [-0.05, 0) is 13.8 Å². The van der Waals surface area contributed by atoms with Crippen molar-refractivity contribution in [2.45, 2.75) is 32.7 Å². The van der Waals surface area contributed by atoms with E-state index in [-0.39, 0.29) is 24.9 Å². The summed E-state index contributed by atoms with van der Waals surface area (Å²) in [6.07, 6.45) is -1.000. The Bertz CT molecular complexity index is 204. The van der Waals surface area contributed by atoms with Crippen molar-refractivity contribution in [1.29, 1.82) is 0 Å². The predicted molar refractivity (Wildman–Crippen MR) is 52.1 cm³/mol. The van der Waals surface area contributed by atoms with Crippen molar-refractivity contribution in [3.63, 3.8) is 0 Å². The number of ether oxygens (including phenoxy) is 3. The number of carbonyl (C=O) groups is 1. The van der Waals surface area contributed by atoms with Gasteiger partial charge in [-0.1, -0.05) is 0 Å². The second-order valence-corrected chi connectivity index (χ2v) is 3.40. The molecule has 0 saturated carbocycles.